The Morgan fingerprint density at radius 1 is 1.07 bits per heavy atom. The zero-order valence-corrected chi connectivity index (χ0v) is 14.3. The first-order valence-corrected chi connectivity index (χ1v) is 7.94. The summed E-state index contributed by atoms with van der Waals surface area (Å²) in [4.78, 5) is 23.5. The highest BCUT2D eigenvalue weighted by Crippen LogP contribution is 2.22. The lowest BCUT2D eigenvalue weighted by molar-refractivity contribution is 0.0600. The molecule has 0 aliphatic carbocycles. The lowest BCUT2D eigenvalue weighted by atomic mass is 10.1. The molecule has 136 valence electrons. The minimum atomic E-state index is -0.469. The van der Waals surface area contributed by atoms with Crippen LogP contribution in [0.5, 0.6) is 0 Å². The molecular formula is C20H15FN2O4. The van der Waals surface area contributed by atoms with Gasteiger partial charge in [0.05, 0.1) is 18.9 Å². The van der Waals surface area contributed by atoms with Crippen molar-refractivity contribution >= 4 is 18.1 Å². The van der Waals surface area contributed by atoms with Crippen LogP contribution in [0.25, 0.3) is 11.3 Å². The second kappa shape index (κ2) is 8.09. The number of carbonyl (C=O) groups is 2. The molecule has 0 unspecified atom stereocenters. The van der Waals surface area contributed by atoms with Gasteiger partial charge in [-0.25, -0.2) is 14.6 Å². The van der Waals surface area contributed by atoms with Crippen LogP contribution in [0.15, 0.2) is 70.2 Å². The highest BCUT2D eigenvalue weighted by atomic mass is 19.1. The zero-order valence-electron chi connectivity index (χ0n) is 14.3. The number of methoxy groups -OCH3 is 1. The Kier molecular flexibility index (Phi) is 5.41. The molecule has 2 aromatic carbocycles. The predicted octanol–water partition coefficient (Wildman–Crippen LogP) is 3.64. The van der Waals surface area contributed by atoms with E-state index in [4.69, 9.17) is 9.15 Å². The molecule has 3 aromatic rings. The summed E-state index contributed by atoms with van der Waals surface area (Å²) in [6.07, 6.45) is 1.34. The average molecular weight is 366 g/mol. The van der Waals surface area contributed by atoms with Crippen LogP contribution < -0.4 is 5.43 Å². The molecule has 1 N–H and O–H groups in total. The number of esters is 1. The third kappa shape index (κ3) is 4.46. The van der Waals surface area contributed by atoms with E-state index >= 15 is 0 Å². The number of rotatable bonds is 5. The number of hydrogen-bond acceptors (Lipinski definition) is 5. The number of hydrazone groups is 1. The third-order valence-corrected chi connectivity index (χ3v) is 3.66. The summed E-state index contributed by atoms with van der Waals surface area (Å²) >= 11 is 0. The number of amides is 1. The molecule has 0 radical (unpaired) electrons. The lowest BCUT2D eigenvalue weighted by Crippen LogP contribution is -2.17. The van der Waals surface area contributed by atoms with Gasteiger partial charge in [0.25, 0.3) is 5.91 Å². The highest BCUT2D eigenvalue weighted by molar-refractivity contribution is 5.94. The molecule has 0 saturated heterocycles. The second-order valence-corrected chi connectivity index (χ2v) is 5.48. The number of nitrogens with zero attached hydrogens (tertiary/aromatic N) is 1. The number of hydrogen-bond donors (Lipinski definition) is 1. The Hall–Kier alpha value is -3.74. The van der Waals surface area contributed by atoms with Gasteiger partial charge in [-0.2, -0.15) is 5.10 Å². The van der Waals surface area contributed by atoms with Crippen LogP contribution in [0.2, 0.25) is 0 Å². The minimum absolute atomic E-state index is 0.285. The zero-order chi connectivity index (χ0) is 19.2. The predicted molar refractivity (Wildman–Crippen MR) is 96.9 cm³/mol. The van der Waals surface area contributed by atoms with Gasteiger partial charge in [0, 0.05) is 11.1 Å². The Bertz CT molecular complexity index is 993. The summed E-state index contributed by atoms with van der Waals surface area (Å²) in [6, 6.07) is 15.3. The van der Waals surface area contributed by atoms with E-state index < -0.39 is 17.7 Å². The van der Waals surface area contributed by atoms with Crippen LogP contribution in [-0.2, 0) is 4.74 Å². The first-order chi connectivity index (χ1) is 13.1. The van der Waals surface area contributed by atoms with Crippen molar-refractivity contribution in [3.8, 4) is 11.3 Å². The molecule has 0 fully saturated rings. The molecule has 0 saturated carbocycles. The maximum absolute atomic E-state index is 12.9. The number of ether oxygens (including phenoxy) is 1. The fourth-order valence-corrected chi connectivity index (χ4v) is 2.31. The number of furan rings is 1. The summed E-state index contributed by atoms with van der Waals surface area (Å²) in [7, 11) is 1.32. The molecule has 1 heterocycles. The first kappa shape index (κ1) is 18.1. The molecule has 1 aromatic heterocycles. The maximum Gasteiger partial charge on any atom is 0.337 e. The molecular weight excluding hydrogens is 351 g/mol. The van der Waals surface area contributed by atoms with Gasteiger partial charge in [0.1, 0.15) is 17.3 Å². The Morgan fingerprint density at radius 3 is 2.59 bits per heavy atom. The molecule has 0 aliphatic heterocycles. The SMILES string of the molecule is COC(=O)c1cccc(-c2ccc(/C=N\NC(=O)c3ccc(F)cc3)o2)c1. The Labute approximate surface area is 154 Å². The summed E-state index contributed by atoms with van der Waals surface area (Å²) < 4.78 is 23.2. The molecule has 27 heavy (non-hydrogen) atoms. The highest BCUT2D eigenvalue weighted by Gasteiger charge is 2.09. The van der Waals surface area contributed by atoms with Gasteiger partial charge in [0.2, 0.25) is 0 Å². The van der Waals surface area contributed by atoms with Gasteiger partial charge in [0.15, 0.2) is 0 Å². The van der Waals surface area contributed by atoms with E-state index in [2.05, 4.69) is 10.5 Å². The van der Waals surface area contributed by atoms with Crippen LogP contribution in [-0.4, -0.2) is 25.2 Å². The van der Waals surface area contributed by atoms with E-state index in [9.17, 15) is 14.0 Å². The normalized spacial score (nSPS) is 10.7. The van der Waals surface area contributed by atoms with E-state index in [1.165, 1.54) is 37.6 Å². The molecule has 1 amide bonds. The van der Waals surface area contributed by atoms with Crippen molar-refractivity contribution in [2.24, 2.45) is 5.10 Å². The van der Waals surface area contributed by atoms with Crippen molar-refractivity contribution in [3.63, 3.8) is 0 Å². The molecule has 0 spiro atoms. The largest absolute Gasteiger partial charge is 0.465 e. The fraction of sp³-hybridized carbons (Fsp3) is 0.0500. The van der Waals surface area contributed by atoms with Gasteiger partial charge in [-0.05, 0) is 48.5 Å². The monoisotopic (exact) mass is 366 g/mol. The third-order valence-electron chi connectivity index (χ3n) is 3.66. The molecule has 3 rings (SSSR count). The van der Waals surface area contributed by atoms with E-state index in [0.717, 1.165) is 0 Å². The smallest absolute Gasteiger partial charge is 0.337 e. The summed E-state index contributed by atoms with van der Waals surface area (Å²) in [5, 5.41) is 3.82. The van der Waals surface area contributed by atoms with Crippen molar-refractivity contribution in [2.75, 3.05) is 7.11 Å². The van der Waals surface area contributed by atoms with Crippen molar-refractivity contribution in [2.45, 2.75) is 0 Å². The van der Waals surface area contributed by atoms with Gasteiger partial charge in [-0.1, -0.05) is 12.1 Å². The van der Waals surface area contributed by atoms with Crippen molar-refractivity contribution < 1.29 is 23.1 Å². The van der Waals surface area contributed by atoms with Crippen molar-refractivity contribution in [3.05, 3.63) is 83.4 Å². The van der Waals surface area contributed by atoms with Crippen molar-refractivity contribution in [1.29, 1.82) is 0 Å². The van der Waals surface area contributed by atoms with Gasteiger partial charge in [-0.3, -0.25) is 4.79 Å². The van der Waals surface area contributed by atoms with E-state index in [1.54, 1.807) is 36.4 Å². The number of carbonyl (C=O) groups excluding carboxylic acids is 2. The number of halogens is 1. The van der Waals surface area contributed by atoms with Crippen molar-refractivity contribution in [1.82, 2.24) is 5.43 Å². The maximum atomic E-state index is 12.9. The molecule has 7 heteroatoms. The average Bonchev–Trinajstić information content (AvgIpc) is 3.17. The molecule has 0 aliphatic rings. The van der Waals surface area contributed by atoms with Gasteiger partial charge >= 0.3 is 5.97 Å². The number of benzene rings is 2. The van der Waals surface area contributed by atoms with E-state index in [0.29, 0.717) is 22.6 Å². The van der Waals surface area contributed by atoms with Gasteiger partial charge < -0.3 is 9.15 Å². The van der Waals surface area contributed by atoms with Crippen LogP contribution >= 0.6 is 0 Å². The summed E-state index contributed by atoms with van der Waals surface area (Å²) in [5.41, 5.74) is 3.73. The first-order valence-electron chi connectivity index (χ1n) is 7.94. The quantitative estimate of drug-likeness (QED) is 0.425. The van der Waals surface area contributed by atoms with Gasteiger partial charge in [-0.15, -0.1) is 0 Å². The Morgan fingerprint density at radius 2 is 1.85 bits per heavy atom. The lowest BCUT2D eigenvalue weighted by Gasteiger charge is -2.01. The number of nitrogens with one attached hydrogen (secondary N) is 1. The van der Waals surface area contributed by atoms with Crippen LogP contribution in [0, 0.1) is 5.82 Å². The van der Waals surface area contributed by atoms with E-state index in [-0.39, 0.29) is 5.56 Å². The summed E-state index contributed by atoms with van der Waals surface area (Å²) in [5.74, 6) is -0.383. The minimum Gasteiger partial charge on any atom is -0.465 e. The second-order valence-electron chi connectivity index (χ2n) is 5.48. The molecule has 0 bridgehead atoms. The van der Waals surface area contributed by atoms with Crippen LogP contribution in [0.4, 0.5) is 4.39 Å². The summed E-state index contributed by atoms with van der Waals surface area (Å²) in [6.45, 7) is 0. The van der Waals surface area contributed by atoms with E-state index in [1.807, 2.05) is 0 Å². The molecule has 0 atom stereocenters. The topological polar surface area (TPSA) is 80.9 Å². The van der Waals surface area contributed by atoms with Crippen LogP contribution in [0.1, 0.15) is 26.5 Å². The molecule has 6 nitrogen and oxygen atoms in total. The van der Waals surface area contributed by atoms with Crippen LogP contribution in [0.3, 0.4) is 0 Å². The Balaban J connectivity index is 1.67. The standard InChI is InChI=1S/C20H15FN2O4/c1-26-20(25)15-4-2-3-14(11-15)18-10-9-17(27-18)12-22-23-19(24)13-5-7-16(21)8-6-13/h2-12H,1H3,(H,23,24)/b22-12-. The fourth-order valence-electron chi connectivity index (χ4n) is 2.31.